The predicted molar refractivity (Wildman–Crippen MR) is 47.2 cm³/mol. The van der Waals surface area contributed by atoms with Gasteiger partial charge in [-0.05, 0) is 6.92 Å². The Hall–Kier alpha value is -0.650. The number of rotatable bonds is 6. The van der Waals surface area contributed by atoms with Crippen molar-refractivity contribution in [3.63, 3.8) is 0 Å². The van der Waals surface area contributed by atoms with Crippen LogP contribution in [0.5, 0.6) is 0 Å². The summed E-state index contributed by atoms with van der Waals surface area (Å²) in [6.07, 6.45) is -1.28. The minimum Gasteiger partial charge on any atom is -0.394 e. The van der Waals surface area contributed by atoms with Crippen molar-refractivity contribution >= 4 is 5.91 Å². The first-order valence-corrected chi connectivity index (χ1v) is 4.23. The van der Waals surface area contributed by atoms with Gasteiger partial charge in [-0.15, -0.1) is 0 Å². The summed E-state index contributed by atoms with van der Waals surface area (Å²) in [5, 5.41) is 20.3. The van der Waals surface area contributed by atoms with Crippen LogP contribution in [0.2, 0.25) is 0 Å². The molecule has 78 valence electrons. The monoisotopic (exact) mass is 191 g/mol. The maximum Gasteiger partial charge on any atom is 0.216 e. The molecule has 0 rings (SSSR count). The Morgan fingerprint density at radius 3 is 2.62 bits per heavy atom. The average Bonchev–Trinajstić information content (AvgIpc) is 2.03. The van der Waals surface area contributed by atoms with E-state index in [0.717, 1.165) is 0 Å². The van der Waals surface area contributed by atoms with Crippen molar-refractivity contribution in [1.29, 1.82) is 0 Å². The fourth-order valence-corrected chi connectivity index (χ4v) is 0.782. The summed E-state index contributed by atoms with van der Waals surface area (Å²) in [4.78, 5) is 10.4. The number of amides is 1. The van der Waals surface area contributed by atoms with Crippen LogP contribution in [0.1, 0.15) is 13.8 Å². The molecule has 0 aliphatic carbocycles. The van der Waals surface area contributed by atoms with Crippen LogP contribution in [0, 0.1) is 0 Å². The van der Waals surface area contributed by atoms with Gasteiger partial charge in [0.2, 0.25) is 5.91 Å². The third-order valence-corrected chi connectivity index (χ3v) is 1.53. The zero-order chi connectivity index (χ0) is 10.3. The molecule has 0 aromatic carbocycles. The molecule has 1 unspecified atom stereocenters. The molecule has 0 saturated carbocycles. The van der Waals surface area contributed by atoms with Crippen molar-refractivity contribution in [3.05, 3.63) is 0 Å². The SMILES string of the molecule is CC(=O)NCCOC(CO)[C@H](C)O. The smallest absolute Gasteiger partial charge is 0.216 e. The highest BCUT2D eigenvalue weighted by molar-refractivity contribution is 5.72. The third kappa shape index (κ3) is 6.51. The molecular formula is C8H17NO4. The summed E-state index contributed by atoms with van der Waals surface area (Å²) in [5.74, 6) is -0.124. The lowest BCUT2D eigenvalue weighted by molar-refractivity contribution is -0.119. The molecule has 0 radical (unpaired) electrons. The molecule has 5 heteroatoms. The van der Waals surface area contributed by atoms with Crippen LogP contribution >= 0.6 is 0 Å². The van der Waals surface area contributed by atoms with Gasteiger partial charge in [0.1, 0.15) is 6.10 Å². The van der Waals surface area contributed by atoms with E-state index in [-0.39, 0.29) is 19.1 Å². The van der Waals surface area contributed by atoms with Crippen LogP contribution in [-0.4, -0.2) is 48.1 Å². The highest BCUT2D eigenvalue weighted by Gasteiger charge is 2.13. The molecule has 0 bridgehead atoms. The number of aliphatic hydroxyl groups excluding tert-OH is 2. The van der Waals surface area contributed by atoms with E-state index >= 15 is 0 Å². The second kappa shape index (κ2) is 6.82. The summed E-state index contributed by atoms with van der Waals surface area (Å²) in [5.41, 5.74) is 0. The Morgan fingerprint density at radius 2 is 2.23 bits per heavy atom. The molecule has 0 aliphatic rings. The third-order valence-electron chi connectivity index (χ3n) is 1.53. The molecule has 2 atom stereocenters. The maximum atomic E-state index is 10.4. The summed E-state index contributed by atoms with van der Waals surface area (Å²) in [6.45, 7) is 3.41. The second-order valence-electron chi connectivity index (χ2n) is 2.82. The fourth-order valence-electron chi connectivity index (χ4n) is 0.782. The lowest BCUT2D eigenvalue weighted by atomic mass is 10.2. The quantitative estimate of drug-likeness (QED) is 0.465. The Bertz CT molecular complexity index is 149. The molecule has 0 aromatic rings. The molecule has 0 aliphatic heterocycles. The van der Waals surface area contributed by atoms with Crippen LogP contribution in [0.25, 0.3) is 0 Å². The second-order valence-corrected chi connectivity index (χ2v) is 2.82. The van der Waals surface area contributed by atoms with E-state index in [2.05, 4.69) is 5.32 Å². The topological polar surface area (TPSA) is 78.8 Å². The molecule has 0 saturated heterocycles. The van der Waals surface area contributed by atoms with E-state index < -0.39 is 12.2 Å². The largest absolute Gasteiger partial charge is 0.394 e. The van der Waals surface area contributed by atoms with E-state index in [9.17, 15) is 4.79 Å². The highest BCUT2D eigenvalue weighted by Crippen LogP contribution is 1.96. The number of hydrogen-bond donors (Lipinski definition) is 3. The zero-order valence-electron chi connectivity index (χ0n) is 7.99. The van der Waals surface area contributed by atoms with Crippen molar-refractivity contribution in [2.24, 2.45) is 0 Å². The average molecular weight is 191 g/mol. The summed E-state index contributed by atoms with van der Waals surface area (Å²) in [6, 6.07) is 0. The molecule has 5 nitrogen and oxygen atoms in total. The van der Waals surface area contributed by atoms with Crippen LogP contribution in [0.3, 0.4) is 0 Å². The van der Waals surface area contributed by atoms with Crippen molar-refractivity contribution in [2.75, 3.05) is 19.8 Å². The Labute approximate surface area is 77.7 Å². The van der Waals surface area contributed by atoms with Gasteiger partial charge in [-0.25, -0.2) is 0 Å². The van der Waals surface area contributed by atoms with E-state index in [1.165, 1.54) is 6.92 Å². The molecular weight excluding hydrogens is 174 g/mol. The van der Waals surface area contributed by atoms with Gasteiger partial charge < -0.3 is 20.3 Å². The van der Waals surface area contributed by atoms with E-state index in [1.54, 1.807) is 6.92 Å². The van der Waals surface area contributed by atoms with Crippen LogP contribution in [0.4, 0.5) is 0 Å². The molecule has 0 aromatic heterocycles. The lowest BCUT2D eigenvalue weighted by Crippen LogP contribution is -2.33. The minimum absolute atomic E-state index is 0.124. The van der Waals surface area contributed by atoms with Gasteiger partial charge in [-0.1, -0.05) is 0 Å². The number of ether oxygens (including phenoxy) is 1. The maximum absolute atomic E-state index is 10.4. The van der Waals surface area contributed by atoms with Crippen molar-refractivity contribution in [2.45, 2.75) is 26.1 Å². The Kier molecular flexibility index (Phi) is 6.48. The summed E-state index contributed by atoms with van der Waals surface area (Å²) >= 11 is 0. The molecule has 0 heterocycles. The first-order valence-electron chi connectivity index (χ1n) is 4.23. The molecule has 13 heavy (non-hydrogen) atoms. The van der Waals surface area contributed by atoms with Gasteiger partial charge in [-0.3, -0.25) is 4.79 Å². The van der Waals surface area contributed by atoms with Crippen LogP contribution in [-0.2, 0) is 9.53 Å². The van der Waals surface area contributed by atoms with Crippen LogP contribution < -0.4 is 5.32 Å². The lowest BCUT2D eigenvalue weighted by Gasteiger charge is -2.17. The van der Waals surface area contributed by atoms with Gasteiger partial charge in [0.15, 0.2) is 0 Å². The van der Waals surface area contributed by atoms with Crippen molar-refractivity contribution < 1.29 is 19.7 Å². The zero-order valence-corrected chi connectivity index (χ0v) is 7.99. The van der Waals surface area contributed by atoms with Crippen molar-refractivity contribution in [3.8, 4) is 0 Å². The fraction of sp³-hybridized carbons (Fsp3) is 0.875. The van der Waals surface area contributed by atoms with Gasteiger partial charge in [0.25, 0.3) is 0 Å². The number of carbonyl (C=O) groups is 1. The summed E-state index contributed by atoms with van der Waals surface area (Å²) < 4.78 is 5.09. The molecule has 1 amide bonds. The van der Waals surface area contributed by atoms with E-state index in [1.807, 2.05) is 0 Å². The summed E-state index contributed by atoms with van der Waals surface area (Å²) in [7, 11) is 0. The number of carbonyl (C=O) groups excluding carboxylic acids is 1. The van der Waals surface area contributed by atoms with Crippen LogP contribution in [0.15, 0.2) is 0 Å². The highest BCUT2D eigenvalue weighted by atomic mass is 16.5. The van der Waals surface area contributed by atoms with Gasteiger partial charge in [0, 0.05) is 13.5 Å². The normalized spacial score (nSPS) is 15.1. The number of hydrogen-bond acceptors (Lipinski definition) is 4. The van der Waals surface area contributed by atoms with Gasteiger partial charge in [-0.2, -0.15) is 0 Å². The minimum atomic E-state index is -0.706. The first kappa shape index (κ1) is 12.3. The van der Waals surface area contributed by atoms with Crippen molar-refractivity contribution in [1.82, 2.24) is 5.32 Å². The van der Waals surface area contributed by atoms with E-state index in [4.69, 9.17) is 14.9 Å². The first-order chi connectivity index (χ1) is 6.07. The van der Waals surface area contributed by atoms with Gasteiger partial charge in [0.05, 0.1) is 19.3 Å². The standard InChI is InChI=1S/C8H17NO4/c1-6(11)8(5-10)13-4-3-9-7(2)12/h6,8,10-11H,3-5H2,1-2H3,(H,9,12)/t6-,8?/m0/s1. The molecule has 3 N–H and O–H groups in total. The molecule has 0 fully saturated rings. The van der Waals surface area contributed by atoms with Gasteiger partial charge >= 0.3 is 0 Å². The predicted octanol–water partition coefficient (Wildman–Crippen LogP) is -1.12. The van der Waals surface area contributed by atoms with E-state index in [0.29, 0.717) is 6.54 Å². The Balaban J connectivity index is 3.44. The number of nitrogens with one attached hydrogen (secondary N) is 1. The Morgan fingerprint density at radius 1 is 1.62 bits per heavy atom. The number of aliphatic hydroxyl groups is 2. The molecule has 0 spiro atoms.